The van der Waals surface area contributed by atoms with E-state index in [2.05, 4.69) is 34.2 Å². The number of nitrogens with zero attached hydrogens (tertiary/aromatic N) is 1. The van der Waals surface area contributed by atoms with Crippen LogP contribution in [0, 0.1) is 0 Å². The highest BCUT2D eigenvalue weighted by Crippen LogP contribution is 2.17. The highest BCUT2D eigenvalue weighted by atomic mass is 16.5. The summed E-state index contributed by atoms with van der Waals surface area (Å²) < 4.78 is 4.62. The molecule has 5 heteroatoms. The van der Waals surface area contributed by atoms with E-state index in [9.17, 15) is 4.79 Å². The minimum atomic E-state index is -0.346. The molecule has 2 amide bonds. The van der Waals surface area contributed by atoms with Crippen molar-refractivity contribution in [2.24, 2.45) is 0 Å². The summed E-state index contributed by atoms with van der Waals surface area (Å²) in [6.45, 7) is 4.25. The van der Waals surface area contributed by atoms with Gasteiger partial charge in [0, 0.05) is 11.8 Å². The Kier molecular flexibility index (Phi) is 3.62. The van der Waals surface area contributed by atoms with Gasteiger partial charge in [-0.25, -0.2) is 4.79 Å². The zero-order valence-corrected chi connectivity index (χ0v) is 10.3. The highest BCUT2D eigenvalue weighted by Gasteiger charge is 2.05. The van der Waals surface area contributed by atoms with Gasteiger partial charge in [-0.3, -0.25) is 5.32 Å². The third-order valence-corrected chi connectivity index (χ3v) is 2.51. The van der Waals surface area contributed by atoms with Gasteiger partial charge in [0.2, 0.25) is 0 Å². The monoisotopic (exact) mass is 245 g/mol. The molecule has 5 nitrogen and oxygen atoms in total. The minimum absolute atomic E-state index is 0.346. The summed E-state index contributed by atoms with van der Waals surface area (Å²) in [5, 5.41) is 8.86. The fourth-order valence-electron chi connectivity index (χ4n) is 1.51. The predicted octanol–water partition coefficient (Wildman–Crippen LogP) is 3.44. The van der Waals surface area contributed by atoms with E-state index in [4.69, 9.17) is 0 Å². The Balaban J connectivity index is 1.95. The third kappa shape index (κ3) is 3.10. The molecular weight excluding hydrogens is 230 g/mol. The first-order valence-electron chi connectivity index (χ1n) is 5.73. The largest absolute Gasteiger partial charge is 0.363 e. The van der Waals surface area contributed by atoms with E-state index >= 15 is 0 Å². The Labute approximate surface area is 105 Å². The van der Waals surface area contributed by atoms with Gasteiger partial charge in [-0.2, -0.15) is 0 Å². The Morgan fingerprint density at radius 3 is 2.44 bits per heavy atom. The number of amides is 2. The first-order valence-corrected chi connectivity index (χ1v) is 5.73. The summed E-state index contributed by atoms with van der Waals surface area (Å²) >= 11 is 0. The lowest BCUT2D eigenvalue weighted by Crippen LogP contribution is -2.19. The van der Waals surface area contributed by atoms with Gasteiger partial charge >= 0.3 is 6.03 Å². The molecule has 1 aromatic carbocycles. The molecule has 18 heavy (non-hydrogen) atoms. The molecule has 0 aliphatic carbocycles. The van der Waals surface area contributed by atoms with Gasteiger partial charge in [-0.15, -0.1) is 0 Å². The molecule has 2 rings (SSSR count). The fraction of sp³-hybridized carbons (Fsp3) is 0.231. The number of urea groups is 1. The van der Waals surface area contributed by atoms with Crippen LogP contribution in [0.1, 0.15) is 25.3 Å². The summed E-state index contributed by atoms with van der Waals surface area (Å²) in [5.74, 6) is 0.856. The van der Waals surface area contributed by atoms with Crippen molar-refractivity contribution in [3.63, 3.8) is 0 Å². The Morgan fingerprint density at radius 2 is 1.89 bits per heavy atom. The molecular formula is C13H15N3O2. The summed E-state index contributed by atoms with van der Waals surface area (Å²) in [5.41, 5.74) is 1.97. The summed E-state index contributed by atoms with van der Waals surface area (Å²) in [6.07, 6.45) is 1.40. The van der Waals surface area contributed by atoms with Crippen LogP contribution in [-0.2, 0) is 0 Å². The number of hydrogen-bond acceptors (Lipinski definition) is 3. The minimum Gasteiger partial charge on any atom is -0.363 e. The molecule has 1 heterocycles. The van der Waals surface area contributed by atoms with E-state index in [0.717, 1.165) is 5.69 Å². The van der Waals surface area contributed by atoms with Crippen molar-refractivity contribution >= 4 is 17.5 Å². The number of anilines is 2. The summed E-state index contributed by atoms with van der Waals surface area (Å²) in [7, 11) is 0. The van der Waals surface area contributed by atoms with Gasteiger partial charge in [0.05, 0.1) is 0 Å². The van der Waals surface area contributed by atoms with Crippen LogP contribution in [0.4, 0.5) is 16.3 Å². The van der Waals surface area contributed by atoms with Crippen molar-refractivity contribution in [1.29, 1.82) is 0 Å². The van der Waals surface area contributed by atoms with Crippen molar-refractivity contribution in [1.82, 2.24) is 5.16 Å². The van der Waals surface area contributed by atoms with Crippen molar-refractivity contribution in [3.8, 4) is 0 Å². The van der Waals surface area contributed by atoms with Gasteiger partial charge in [-0.1, -0.05) is 31.1 Å². The first-order chi connectivity index (χ1) is 8.65. The van der Waals surface area contributed by atoms with Crippen LogP contribution >= 0.6 is 0 Å². The molecule has 0 atom stereocenters. The Bertz CT molecular complexity index is 504. The molecule has 0 fully saturated rings. The van der Waals surface area contributed by atoms with Crippen molar-refractivity contribution in [3.05, 3.63) is 42.2 Å². The zero-order valence-electron chi connectivity index (χ0n) is 10.3. The van der Waals surface area contributed by atoms with E-state index < -0.39 is 0 Å². The van der Waals surface area contributed by atoms with Crippen molar-refractivity contribution in [2.45, 2.75) is 19.8 Å². The van der Waals surface area contributed by atoms with Crippen LogP contribution in [0.15, 0.2) is 41.1 Å². The maximum absolute atomic E-state index is 11.6. The number of nitrogens with one attached hydrogen (secondary N) is 2. The van der Waals surface area contributed by atoms with E-state index in [1.807, 2.05) is 24.3 Å². The van der Waals surface area contributed by atoms with E-state index in [1.165, 1.54) is 11.8 Å². The molecule has 0 bridgehead atoms. The van der Waals surface area contributed by atoms with Gasteiger partial charge in [0.15, 0.2) is 5.82 Å². The smallest absolute Gasteiger partial charge is 0.324 e. The molecule has 94 valence electrons. The number of carbonyl (C=O) groups is 1. The van der Waals surface area contributed by atoms with Crippen LogP contribution in [0.5, 0.6) is 0 Å². The normalized spacial score (nSPS) is 10.4. The number of hydrogen-bond donors (Lipinski definition) is 2. The average Bonchev–Trinajstić information content (AvgIpc) is 2.82. The maximum atomic E-state index is 11.6. The molecule has 2 aromatic rings. The molecule has 0 aliphatic rings. The molecule has 1 aromatic heterocycles. The second kappa shape index (κ2) is 5.35. The maximum Gasteiger partial charge on any atom is 0.324 e. The molecule has 0 radical (unpaired) electrons. The quantitative estimate of drug-likeness (QED) is 0.870. The average molecular weight is 245 g/mol. The molecule has 0 saturated heterocycles. The van der Waals surface area contributed by atoms with Gasteiger partial charge in [0.1, 0.15) is 6.26 Å². The number of rotatable bonds is 3. The lowest BCUT2D eigenvalue weighted by Gasteiger charge is -2.08. The van der Waals surface area contributed by atoms with Crippen LogP contribution in [-0.4, -0.2) is 11.2 Å². The summed E-state index contributed by atoms with van der Waals surface area (Å²) in [4.78, 5) is 11.6. The molecule has 0 spiro atoms. The van der Waals surface area contributed by atoms with Crippen molar-refractivity contribution < 1.29 is 9.32 Å². The summed E-state index contributed by atoms with van der Waals surface area (Å²) in [6, 6.07) is 8.96. The lowest BCUT2D eigenvalue weighted by molar-refractivity contribution is 0.262. The second-order valence-electron chi connectivity index (χ2n) is 4.24. The fourth-order valence-corrected chi connectivity index (χ4v) is 1.51. The number of aromatic nitrogens is 1. The SMILES string of the molecule is CC(C)c1ccc(NC(=O)Nc2ccon2)cc1. The van der Waals surface area contributed by atoms with Crippen molar-refractivity contribution in [2.75, 3.05) is 10.6 Å². The number of benzene rings is 1. The topological polar surface area (TPSA) is 67.2 Å². The van der Waals surface area contributed by atoms with Crippen LogP contribution in [0.25, 0.3) is 0 Å². The molecule has 0 saturated carbocycles. The first kappa shape index (κ1) is 12.2. The van der Waals surface area contributed by atoms with Crippen LogP contribution in [0.2, 0.25) is 0 Å². The van der Waals surface area contributed by atoms with E-state index in [0.29, 0.717) is 11.7 Å². The van der Waals surface area contributed by atoms with Crippen LogP contribution in [0.3, 0.4) is 0 Å². The Morgan fingerprint density at radius 1 is 1.17 bits per heavy atom. The van der Waals surface area contributed by atoms with Gasteiger partial charge < -0.3 is 9.84 Å². The highest BCUT2D eigenvalue weighted by molar-refractivity contribution is 5.99. The second-order valence-corrected chi connectivity index (χ2v) is 4.24. The number of carbonyl (C=O) groups excluding carboxylic acids is 1. The van der Waals surface area contributed by atoms with Gasteiger partial charge in [-0.05, 0) is 23.6 Å². The van der Waals surface area contributed by atoms with E-state index in [1.54, 1.807) is 6.07 Å². The van der Waals surface area contributed by atoms with E-state index in [-0.39, 0.29) is 6.03 Å². The van der Waals surface area contributed by atoms with Crippen LogP contribution < -0.4 is 10.6 Å². The Hall–Kier alpha value is -2.30. The molecule has 0 aliphatic heterocycles. The molecule has 2 N–H and O–H groups in total. The standard InChI is InChI=1S/C13H15N3O2/c1-9(2)10-3-5-11(6-4-10)14-13(17)15-12-7-8-18-16-12/h3-9H,1-2H3,(H2,14,15,16,17). The van der Waals surface area contributed by atoms with Gasteiger partial charge in [0.25, 0.3) is 0 Å². The molecule has 0 unspecified atom stereocenters. The predicted molar refractivity (Wildman–Crippen MR) is 69.7 cm³/mol. The zero-order chi connectivity index (χ0) is 13.0. The lowest BCUT2D eigenvalue weighted by atomic mass is 10.0. The third-order valence-electron chi connectivity index (χ3n) is 2.51.